The van der Waals surface area contributed by atoms with Crippen LogP contribution in [-0.2, 0) is 4.74 Å². The molecule has 0 aliphatic rings. The lowest BCUT2D eigenvalue weighted by Crippen LogP contribution is -1.92. The molecule has 0 aliphatic carbocycles. The molecule has 0 N–H and O–H groups in total. The van der Waals surface area contributed by atoms with Gasteiger partial charge in [0.1, 0.15) is 5.75 Å². The lowest BCUT2D eigenvalue weighted by Gasteiger charge is -2.05. The molecule has 0 heterocycles. The second-order valence-electron chi connectivity index (χ2n) is 2.69. The lowest BCUT2D eigenvalue weighted by atomic mass is 10.2. The molecule has 0 radical (unpaired) electrons. The maximum absolute atomic E-state index is 11.0. The summed E-state index contributed by atoms with van der Waals surface area (Å²) in [6.45, 7) is 1.92. The van der Waals surface area contributed by atoms with Crippen molar-refractivity contribution >= 4 is 17.1 Å². The average Bonchev–Trinajstić information content (AvgIpc) is 2.20. The van der Waals surface area contributed by atoms with E-state index in [1.165, 1.54) is 7.11 Å². The van der Waals surface area contributed by atoms with Crippen LogP contribution in [-0.4, -0.2) is 19.5 Å². The molecule has 0 saturated carbocycles. The molecule has 0 saturated heterocycles. The summed E-state index contributed by atoms with van der Waals surface area (Å²) in [5.74, 6) is 0.789. The fourth-order valence-corrected chi connectivity index (χ4v) is 1.61. The number of methoxy groups -OCH3 is 2. The van der Waals surface area contributed by atoms with E-state index >= 15 is 0 Å². The monoisotopic (exact) mass is 212 g/mol. The zero-order valence-corrected chi connectivity index (χ0v) is 9.18. The van der Waals surface area contributed by atoms with Gasteiger partial charge >= 0.3 is 5.30 Å². The molecule has 0 atom stereocenters. The molecule has 1 aromatic rings. The molecule has 0 spiro atoms. The van der Waals surface area contributed by atoms with Gasteiger partial charge in [-0.3, -0.25) is 0 Å². The maximum atomic E-state index is 11.0. The van der Waals surface area contributed by atoms with E-state index in [0.717, 1.165) is 28.0 Å². The van der Waals surface area contributed by atoms with Crippen LogP contribution in [0.5, 0.6) is 5.75 Å². The van der Waals surface area contributed by atoms with E-state index in [2.05, 4.69) is 4.74 Å². The minimum Gasteiger partial charge on any atom is -0.497 e. The van der Waals surface area contributed by atoms with Crippen LogP contribution in [0.4, 0.5) is 4.79 Å². The Morgan fingerprint density at radius 3 is 2.57 bits per heavy atom. The highest BCUT2D eigenvalue weighted by atomic mass is 32.2. The largest absolute Gasteiger partial charge is 0.497 e. The summed E-state index contributed by atoms with van der Waals surface area (Å²) < 4.78 is 9.61. The normalized spacial score (nSPS) is 9.64. The summed E-state index contributed by atoms with van der Waals surface area (Å²) in [4.78, 5) is 11.9. The fourth-order valence-electron chi connectivity index (χ4n) is 0.995. The SMILES string of the molecule is COC(=O)Sc1ccc(OC)cc1C. The first kappa shape index (κ1) is 10.9. The van der Waals surface area contributed by atoms with Crippen LogP contribution in [0.2, 0.25) is 0 Å². The zero-order chi connectivity index (χ0) is 10.6. The van der Waals surface area contributed by atoms with Crippen molar-refractivity contribution in [3.05, 3.63) is 23.8 Å². The topological polar surface area (TPSA) is 35.5 Å². The Labute approximate surface area is 87.4 Å². The van der Waals surface area contributed by atoms with Gasteiger partial charge in [0.25, 0.3) is 0 Å². The molecule has 76 valence electrons. The number of hydrogen-bond donors (Lipinski definition) is 0. The first-order valence-electron chi connectivity index (χ1n) is 4.08. The van der Waals surface area contributed by atoms with Gasteiger partial charge in [-0.05, 0) is 42.4 Å². The van der Waals surface area contributed by atoms with Gasteiger partial charge in [0.2, 0.25) is 0 Å². The second kappa shape index (κ2) is 4.91. The predicted octanol–water partition coefficient (Wildman–Crippen LogP) is 2.86. The lowest BCUT2D eigenvalue weighted by molar-refractivity contribution is 0.200. The fraction of sp³-hybridized carbons (Fsp3) is 0.300. The highest BCUT2D eigenvalue weighted by Crippen LogP contribution is 2.26. The van der Waals surface area contributed by atoms with Gasteiger partial charge in [0, 0.05) is 4.90 Å². The third-order valence-electron chi connectivity index (χ3n) is 1.74. The summed E-state index contributed by atoms with van der Waals surface area (Å²) in [5, 5.41) is -0.307. The number of hydrogen-bond acceptors (Lipinski definition) is 4. The van der Waals surface area contributed by atoms with Crippen LogP contribution in [0.25, 0.3) is 0 Å². The van der Waals surface area contributed by atoms with Gasteiger partial charge in [0.05, 0.1) is 14.2 Å². The molecule has 0 unspecified atom stereocenters. The highest BCUT2D eigenvalue weighted by molar-refractivity contribution is 8.13. The average molecular weight is 212 g/mol. The van der Waals surface area contributed by atoms with E-state index in [0.29, 0.717) is 0 Å². The first-order chi connectivity index (χ1) is 6.67. The van der Waals surface area contributed by atoms with Crippen molar-refractivity contribution in [1.82, 2.24) is 0 Å². The molecular formula is C10H12O3S. The van der Waals surface area contributed by atoms with Gasteiger partial charge in [-0.25, -0.2) is 4.79 Å². The molecule has 4 heteroatoms. The number of aryl methyl sites for hydroxylation is 1. The summed E-state index contributed by atoms with van der Waals surface area (Å²) in [7, 11) is 2.98. The number of thioether (sulfide) groups is 1. The summed E-state index contributed by atoms with van der Waals surface area (Å²) >= 11 is 1.07. The van der Waals surface area contributed by atoms with E-state index in [-0.39, 0.29) is 5.30 Å². The highest BCUT2D eigenvalue weighted by Gasteiger charge is 2.07. The molecule has 0 amide bonds. The Balaban J connectivity index is 2.83. The van der Waals surface area contributed by atoms with Crippen LogP contribution >= 0.6 is 11.8 Å². The van der Waals surface area contributed by atoms with Crippen molar-refractivity contribution in [1.29, 1.82) is 0 Å². The van der Waals surface area contributed by atoms with E-state index in [1.54, 1.807) is 7.11 Å². The van der Waals surface area contributed by atoms with Crippen LogP contribution in [0, 0.1) is 6.92 Å². The standard InChI is InChI=1S/C10H12O3S/c1-7-6-8(12-2)4-5-9(7)14-10(11)13-3/h4-6H,1-3H3. The van der Waals surface area contributed by atoms with Gasteiger partial charge in [-0.1, -0.05) is 0 Å². The molecule has 1 aromatic carbocycles. The van der Waals surface area contributed by atoms with Crippen LogP contribution in [0.1, 0.15) is 5.56 Å². The van der Waals surface area contributed by atoms with Gasteiger partial charge < -0.3 is 9.47 Å². The molecule has 3 nitrogen and oxygen atoms in total. The Morgan fingerprint density at radius 1 is 1.36 bits per heavy atom. The van der Waals surface area contributed by atoms with Crippen LogP contribution < -0.4 is 4.74 Å². The van der Waals surface area contributed by atoms with Crippen LogP contribution in [0.3, 0.4) is 0 Å². The smallest absolute Gasteiger partial charge is 0.371 e. The summed E-state index contributed by atoms with van der Waals surface area (Å²) in [6, 6.07) is 5.54. The summed E-state index contributed by atoms with van der Waals surface area (Å²) in [6.07, 6.45) is 0. The molecule has 0 aliphatic heterocycles. The molecule has 0 bridgehead atoms. The van der Waals surface area contributed by atoms with Crippen molar-refractivity contribution in [2.75, 3.05) is 14.2 Å². The van der Waals surface area contributed by atoms with Crippen molar-refractivity contribution < 1.29 is 14.3 Å². The van der Waals surface area contributed by atoms with Crippen molar-refractivity contribution in [2.45, 2.75) is 11.8 Å². The zero-order valence-electron chi connectivity index (χ0n) is 8.37. The van der Waals surface area contributed by atoms with Crippen molar-refractivity contribution in [3.8, 4) is 5.75 Å². The second-order valence-corrected chi connectivity index (χ2v) is 3.66. The van der Waals surface area contributed by atoms with E-state index in [4.69, 9.17) is 4.74 Å². The Bertz CT molecular complexity index is 336. The minimum absolute atomic E-state index is 0.307. The molecule has 0 aromatic heterocycles. The molecular weight excluding hydrogens is 200 g/mol. The minimum atomic E-state index is -0.307. The third kappa shape index (κ3) is 2.67. The molecule has 0 fully saturated rings. The Morgan fingerprint density at radius 2 is 2.07 bits per heavy atom. The molecule has 1 rings (SSSR count). The van der Waals surface area contributed by atoms with Gasteiger partial charge in [-0.2, -0.15) is 0 Å². The Hall–Kier alpha value is -1.16. The number of ether oxygens (including phenoxy) is 2. The van der Waals surface area contributed by atoms with Crippen molar-refractivity contribution in [2.24, 2.45) is 0 Å². The molecule has 14 heavy (non-hydrogen) atoms. The maximum Gasteiger partial charge on any atom is 0.371 e. The number of benzene rings is 1. The third-order valence-corrected chi connectivity index (χ3v) is 2.75. The number of carbonyl (C=O) groups is 1. The van der Waals surface area contributed by atoms with E-state index in [1.807, 2.05) is 25.1 Å². The number of carbonyl (C=O) groups excluding carboxylic acids is 1. The number of rotatable bonds is 2. The van der Waals surface area contributed by atoms with Crippen molar-refractivity contribution in [3.63, 3.8) is 0 Å². The van der Waals surface area contributed by atoms with Gasteiger partial charge in [0.15, 0.2) is 0 Å². The van der Waals surface area contributed by atoms with E-state index in [9.17, 15) is 4.79 Å². The van der Waals surface area contributed by atoms with Gasteiger partial charge in [-0.15, -0.1) is 0 Å². The summed E-state index contributed by atoms with van der Waals surface area (Å²) in [5.41, 5.74) is 1.000. The van der Waals surface area contributed by atoms with Crippen LogP contribution in [0.15, 0.2) is 23.1 Å². The quantitative estimate of drug-likeness (QED) is 0.558. The van der Waals surface area contributed by atoms with E-state index < -0.39 is 0 Å². The first-order valence-corrected chi connectivity index (χ1v) is 4.89. The Kier molecular flexibility index (Phi) is 3.83. The predicted molar refractivity (Wildman–Crippen MR) is 56.0 cm³/mol.